The van der Waals surface area contributed by atoms with Crippen LogP contribution in [0.1, 0.15) is 11.1 Å². The number of aromatic nitrogens is 4. The van der Waals surface area contributed by atoms with Crippen molar-refractivity contribution in [3.8, 4) is 34.4 Å². The van der Waals surface area contributed by atoms with Gasteiger partial charge in [0.25, 0.3) is 0 Å². The van der Waals surface area contributed by atoms with Gasteiger partial charge in [-0.05, 0) is 61.1 Å². The van der Waals surface area contributed by atoms with E-state index in [1.54, 1.807) is 18.3 Å². The van der Waals surface area contributed by atoms with Crippen molar-refractivity contribution in [2.75, 3.05) is 39.0 Å². The highest BCUT2D eigenvalue weighted by Gasteiger charge is 2.19. The predicted octanol–water partition coefficient (Wildman–Crippen LogP) is 4.35. The molecule has 0 radical (unpaired) electrons. The van der Waals surface area contributed by atoms with Gasteiger partial charge in [-0.25, -0.2) is 15.0 Å². The van der Waals surface area contributed by atoms with Crippen LogP contribution in [0.4, 0.5) is 5.82 Å². The lowest BCUT2D eigenvalue weighted by atomic mass is 10.1. The van der Waals surface area contributed by atoms with Crippen molar-refractivity contribution in [3.05, 3.63) is 90.1 Å². The minimum atomic E-state index is 0.419. The Labute approximate surface area is 221 Å². The topological polar surface area (TPSA) is 99.9 Å². The maximum absolute atomic E-state index is 9.16. The van der Waals surface area contributed by atoms with Crippen LogP contribution >= 0.6 is 0 Å². The summed E-state index contributed by atoms with van der Waals surface area (Å²) < 4.78 is 2.05. The maximum atomic E-state index is 9.16. The van der Waals surface area contributed by atoms with E-state index in [4.69, 9.17) is 21.0 Å². The number of hydrogen-bond acceptors (Lipinski definition) is 7. The van der Waals surface area contributed by atoms with Gasteiger partial charge >= 0.3 is 0 Å². The summed E-state index contributed by atoms with van der Waals surface area (Å²) >= 11 is 0. The smallest absolute Gasteiger partial charge is 0.165 e. The van der Waals surface area contributed by atoms with Crippen LogP contribution < -0.4 is 5.73 Å². The van der Waals surface area contributed by atoms with Gasteiger partial charge in [-0.3, -0.25) is 9.47 Å². The van der Waals surface area contributed by atoms with Crippen LogP contribution in [0.15, 0.2) is 79.0 Å². The third-order valence-corrected chi connectivity index (χ3v) is 7.09. The standard InChI is InChI=1S/C30H28N8/c1-36-15-17-37(18-16-36)20-22-6-10-24(11-7-22)38-29(25-3-2-14-33-28(25)32)35-27-13-12-26(34-30(27)38)23-8-4-21(19-31)5-9-23/h2-14H,15-18,20H2,1H3,(H2,32,33). The van der Waals surface area contributed by atoms with E-state index in [9.17, 15) is 0 Å². The Morgan fingerprint density at radius 2 is 1.66 bits per heavy atom. The predicted molar refractivity (Wildman–Crippen MR) is 149 cm³/mol. The molecule has 0 unspecified atom stereocenters. The van der Waals surface area contributed by atoms with Crippen LogP contribution in [-0.4, -0.2) is 62.5 Å². The van der Waals surface area contributed by atoms with Gasteiger partial charge in [-0.2, -0.15) is 5.26 Å². The number of piperazine rings is 1. The molecule has 38 heavy (non-hydrogen) atoms. The van der Waals surface area contributed by atoms with Crippen molar-refractivity contribution in [1.82, 2.24) is 29.3 Å². The highest BCUT2D eigenvalue weighted by Crippen LogP contribution is 2.32. The molecule has 188 valence electrons. The average Bonchev–Trinajstić information content (AvgIpc) is 3.33. The van der Waals surface area contributed by atoms with E-state index in [2.05, 4.69) is 56.7 Å². The lowest BCUT2D eigenvalue weighted by Crippen LogP contribution is -2.43. The first-order valence-corrected chi connectivity index (χ1v) is 12.7. The Hall–Kier alpha value is -4.58. The molecule has 2 N–H and O–H groups in total. The van der Waals surface area contributed by atoms with Gasteiger partial charge in [0.1, 0.15) is 11.3 Å². The Kier molecular flexibility index (Phi) is 6.30. The molecule has 0 spiro atoms. The molecule has 5 aromatic rings. The van der Waals surface area contributed by atoms with Crippen LogP contribution in [0.5, 0.6) is 0 Å². The van der Waals surface area contributed by atoms with Crippen molar-refractivity contribution >= 4 is 17.0 Å². The second kappa shape index (κ2) is 10.1. The van der Waals surface area contributed by atoms with Crippen molar-refractivity contribution in [2.45, 2.75) is 6.54 Å². The summed E-state index contributed by atoms with van der Waals surface area (Å²) in [5, 5.41) is 9.16. The number of hydrogen-bond donors (Lipinski definition) is 1. The quantitative estimate of drug-likeness (QED) is 0.383. The number of rotatable bonds is 5. The molecule has 4 heterocycles. The van der Waals surface area contributed by atoms with E-state index in [0.29, 0.717) is 17.2 Å². The number of fused-ring (bicyclic) bond motifs is 1. The Balaban J connectivity index is 1.43. The van der Waals surface area contributed by atoms with Crippen LogP contribution in [0.3, 0.4) is 0 Å². The van der Waals surface area contributed by atoms with Gasteiger partial charge in [0.2, 0.25) is 0 Å². The number of imidazole rings is 1. The molecular weight excluding hydrogens is 472 g/mol. The molecule has 2 aromatic carbocycles. The first-order valence-electron chi connectivity index (χ1n) is 12.7. The van der Waals surface area contributed by atoms with Crippen molar-refractivity contribution in [3.63, 3.8) is 0 Å². The number of nitrogens with two attached hydrogens (primary N) is 1. The minimum Gasteiger partial charge on any atom is -0.383 e. The van der Waals surface area contributed by atoms with Gasteiger partial charge in [0, 0.05) is 50.2 Å². The molecule has 1 saturated heterocycles. The van der Waals surface area contributed by atoms with Crippen LogP contribution in [0, 0.1) is 11.3 Å². The zero-order valence-corrected chi connectivity index (χ0v) is 21.2. The van der Waals surface area contributed by atoms with E-state index < -0.39 is 0 Å². The monoisotopic (exact) mass is 500 g/mol. The number of benzene rings is 2. The third-order valence-electron chi connectivity index (χ3n) is 7.09. The summed E-state index contributed by atoms with van der Waals surface area (Å²) in [5.41, 5.74) is 13.1. The van der Waals surface area contributed by atoms with E-state index in [0.717, 1.165) is 66.4 Å². The van der Waals surface area contributed by atoms with Crippen molar-refractivity contribution < 1.29 is 0 Å². The molecule has 1 aliphatic rings. The normalized spacial score (nSPS) is 14.5. The number of likely N-dealkylation sites (N-methyl/N-ethyl adjacent to an activating group) is 1. The second-order valence-corrected chi connectivity index (χ2v) is 9.68. The second-order valence-electron chi connectivity index (χ2n) is 9.68. The first-order chi connectivity index (χ1) is 18.6. The van der Waals surface area contributed by atoms with E-state index >= 15 is 0 Å². The molecule has 3 aromatic heterocycles. The van der Waals surface area contributed by atoms with Crippen LogP contribution in [0.2, 0.25) is 0 Å². The Morgan fingerprint density at radius 3 is 2.37 bits per heavy atom. The Bertz CT molecular complexity index is 1620. The molecule has 0 bridgehead atoms. The van der Waals surface area contributed by atoms with Gasteiger partial charge in [0.15, 0.2) is 11.5 Å². The average molecular weight is 501 g/mol. The number of pyridine rings is 2. The summed E-state index contributed by atoms with van der Waals surface area (Å²) in [6, 6.07) is 26.0. The lowest BCUT2D eigenvalue weighted by molar-refractivity contribution is 0.148. The molecular formula is C30H28N8. The molecule has 0 atom stereocenters. The fourth-order valence-electron chi connectivity index (χ4n) is 4.88. The van der Waals surface area contributed by atoms with E-state index in [1.807, 2.05) is 36.4 Å². The SMILES string of the molecule is CN1CCN(Cc2ccc(-n3c(-c4cccnc4N)nc4ccc(-c5ccc(C#N)cc5)nc43)cc2)CC1. The van der Waals surface area contributed by atoms with Crippen LogP contribution in [-0.2, 0) is 6.54 Å². The highest BCUT2D eigenvalue weighted by atomic mass is 15.2. The van der Waals surface area contributed by atoms with E-state index in [1.165, 1.54) is 5.56 Å². The zero-order chi connectivity index (χ0) is 26.1. The van der Waals surface area contributed by atoms with Gasteiger partial charge in [-0.1, -0.05) is 24.3 Å². The lowest BCUT2D eigenvalue weighted by Gasteiger charge is -2.32. The molecule has 8 heteroatoms. The largest absolute Gasteiger partial charge is 0.383 e. The molecule has 0 aliphatic carbocycles. The zero-order valence-electron chi connectivity index (χ0n) is 21.2. The summed E-state index contributed by atoms with van der Waals surface area (Å²) in [6.07, 6.45) is 1.68. The Morgan fingerprint density at radius 1 is 0.895 bits per heavy atom. The summed E-state index contributed by atoms with van der Waals surface area (Å²) in [4.78, 5) is 19.1. The number of nitrogens with zero attached hydrogens (tertiary/aromatic N) is 7. The molecule has 1 fully saturated rings. The van der Waals surface area contributed by atoms with E-state index in [-0.39, 0.29) is 0 Å². The van der Waals surface area contributed by atoms with Crippen molar-refractivity contribution in [1.29, 1.82) is 5.26 Å². The molecule has 0 saturated carbocycles. The first kappa shape index (κ1) is 23.8. The van der Waals surface area contributed by atoms with Gasteiger partial charge in [0.05, 0.1) is 22.9 Å². The number of nitrogen functional groups attached to an aromatic ring is 1. The van der Waals surface area contributed by atoms with Crippen LogP contribution in [0.25, 0.3) is 39.5 Å². The summed E-state index contributed by atoms with van der Waals surface area (Å²) in [5.74, 6) is 1.12. The molecule has 0 amide bonds. The number of anilines is 1. The fraction of sp³-hybridized carbons (Fsp3) is 0.200. The molecule has 8 nitrogen and oxygen atoms in total. The minimum absolute atomic E-state index is 0.419. The van der Waals surface area contributed by atoms with Gasteiger partial charge < -0.3 is 10.6 Å². The summed E-state index contributed by atoms with van der Waals surface area (Å²) in [6.45, 7) is 5.29. The fourth-order valence-corrected chi connectivity index (χ4v) is 4.88. The molecule has 1 aliphatic heterocycles. The highest BCUT2D eigenvalue weighted by molar-refractivity contribution is 5.84. The number of nitriles is 1. The summed E-state index contributed by atoms with van der Waals surface area (Å²) in [7, 11) is 2.18. The third kappa shape index (κ3) is 4.61. The molecule has 6 rings (SSSR count). The van der Waals surface area contributed by atoms with Crippen molar-refractivity contribution in [2.24, 2.45) is 0 Å². The van der Waals surface area contributed by atoms with Gasteiger partial charge in [-0.15, -0.1) is 0 Å². The maximum Gasteiger partial charge on any atom is 0.165 e.